The van der Waals surface area contributed by atoms with Gasteiger partial charge in [-0.2, -0.15) is 0 Å². The molecule has 23 heavy (non-hydrogen) atoms. The molecule has 0 saturated carbocycles. The van der Waals surface area contributed by atoms with E-state index in [1.54, 1.807) is 6.20 Å². The zero-order valence-electron chi connectivity index (χ0n) is 13.4. The van der Waals surface area contributed by atoms with E-state index in [1.165, 1.54) is 0 Å². The Morgan fingerprint density at radius 3 is 3.00 bits per heavy atom. The molecule has 2 N–H and O–H groups in total. The van der Waals surface area contributed by atoms with Crippen LogP contribution in [0.3, 0.4) is 0 Å². The molecule has 0 fully saturated rings. The third-order valence-electron chi connectivity index (χ3n) is 4.38. The number of aromatic nitrogens is 3. The molecular weight excluding hydrogens is 310 g/mol. The van der Waals surface area contributed by atoms with Crippen LogP contribution in [0.2, 0.25) is 0 Å². The topological polar surface area (TPSA) is 66.0 Å². The average Bonchev–Trinajstić information content (AvgIpc) is 2.58. The van der Waals surface area contributed by atoms with Crippen molar-refractivity contribution in [2.45, 2.75) is 39.4 Å². The maximum atomic E-state index is 12.3. The summed E-state index contributed by atoms with van der Waals surface area (Å²) in [5, 5.41) is 3.38. The van der Waals surface area contributed by atoms with E-state index in [-0.39, 0.29) is 5.56 Å². The van der Waals surface area contributed by atoms with Crippen molar-refractivity contribution >= 4 is 18.0 Å². The van der Waals surface area contributed by atoms with Crippen LogP contribution in [0.4, 0.5) is 5.82 Å². The second-order valence-electron chi connectivity index (χ2n) is 5.87. The van der Waals surface area contributed by atoms with Crippen LogP contribution in [0.1, 0.15) is 31.4 Å². The minimum absolute atomic E-state index is 0.104. The molecule has 3 heterocycles. The number of nitrogens with one attached hydrogen (secondary N) is 2. The quantitative estimate of drug-likeness (QED) is 0.842. The number of aromatic amines is 1. The first-order valence-corrected chi connectivity index (χ1v) is 8.23. The van der Waals surface area contributed by atoms with Gasteiger partial charge in [0, 0.05) is 25.0 Å². The van der Waals surface area contributed by atoms with Gasteiger partial charge in [0.05, 0.1) is 18.8 Å². The van der Waals surface area contributed by atoms with E-state index in [9.17, 15) is 4.79 Å². The van der Waals surface area contributed by atoms with Crippen LogP contribution in [0, 0.1) is 4.77 Å². The molecule has 7 heteroatoms. The molecular formula is C16H21N5OS. The molecule has 0 radical (unpaired) electrons. The second-order valence-corrected chi connectivity index (χ2v) is 6.26. The molecule has 1 aliphatic rings. The minimum atomic E-state index is -0.104. The summed E-state index contributed by atoms with van der Waals surface area (Å²) in [6, 6.07) is 4.32. The highest BCUT2D eigenvalue weighted by Gasteiger charge is 2.24. The van der Waals surface area contributed by atoms with Gasteiger partial charge in [0.15, 0.2) is 4.77 Å². The van der Waals surface area contributed by atoms with Crippen molar-refractivity contribution in [1.29, 1.82) is 0 Å². The summed E-state index contributed by atoms with van der Waals surface area (Å²) in [5.41, 5.74) is 1.69. The van der Waals surface area contributed by atoms with Gasteiger partial charge >= 0.3 is 0 Å². The predicted molar refractivity (Wildman–Crippen MR) is 93.0 cm³/mol. The molecule has 6 nitrogen and oxygen atoms in total. The largest absolute Gasteiger partial charge is 0.358 e. The number of nitrogens with zero attached hydrogens (tertiary/aromatic N) is 3. The highest BCUT2D eigenvalue weighted by Crippen LogP contribution is 2.22. The predicted octanol–water partition coefficient (Wildman–Crippen LogP) is 2.33. The van der Waals surface area contributed by atoms with Crippen molar-refractivity contribution < 1.29 is 0 Å². The molecule has 0 aliphatic carbocycles. The normalized spacial score (nSPS) is 15.7. The number of pyridine rings is 1. The van der Waals surface area contributed by atoms with Crippen LogP contribution >= 0.6 is 12.2 Å². The molecule has 0 saturated heterocycles. The van der Waals surface area contributed by atoms with Gasteiger partial charge in [-0.1, -0.05) is 13.0 Å². The van der Waals surface area contributed by atoms with E-state index in [2.05, 4.69) is 34.0 Å². The molecule has 0 aromatic carbocycles. The summed E-state index contributed by atoms with van der Waals surface area (Å²) in [4.78, 5) is 21.5. The lowest BCUT2D eigenvalue weighted by Gasteiger charge is -2.34. The van der Waals surface area contributed by atoms with Crippen molar-refractivity contribution in [3.05, 3.63) is 50.8 Å². The lowest BCUT2D eigenvalue weighted by molar-refractivity contribution is 0.200. The average molecular weight is 331 g/mol. The molecule has 1 aliphatic heterocycles. The van der Waals surface area contributed by atoms with Crippen LogP contribution in [-0.2, 0) is 13.1 Å². The maximum Gasteiger partial charge on any atom is 0.258 e. The van der Waals surface area contributed by atoms with Gasteiger partial charge in [-0.15, -0.1) is 0 Å². The Morgan fingerprint density at radius 1 is 1.48 bits per heavy atom. The zero-order chi connectivity index (χ0) is 16.4. The first-order valence-electron chi connectivity index (χ1n) is 7.83. The summed E-state index contributed by atoms with van der Waals surface area (Å²) in [6.45, 7) is 6.26. The maximum absolute atomic E-state index is 12.3. The lowest BCUT2D eigenvalue weighted by atomic mass is 10.1. The van der Waals surface area contributed by atoms with Crippen LogP contribution in [0.25, 0.3) is 0 Å². The molecule has 0 amide bonds. The Bertz CT molecular complexity index is 798. The van der Waals surface area contributed by atoms with E-state index in [1.807, 2.05) is 22.9 Å². The molecule has 0 bridgehead atoms. The number of hydrogen-bond donors (Lipinski definition) is 2. The van der Waals surface area contributed by atoms with Gasteiger partial charge in [0.25, 0.3) is 5.56 Å². The summed E-state index contributed by atoms with van der Waals surface area (Å²) in [6.07, 6.45) is 4.60. The Morgan fingerprint density at radius 2 is 2.30 bits per heavy atom. The SMILES string of the molecule is CCC(C)N1CNc2c(c(=O)[nH]c(=S)n2Cc2cccnc2)C1. The molecule has 1 atom stereocenters. The molecule has 1 unspecified atom stereocenters. The third-order valence-corrected chi connectivity index (χ3v) is 4.71. The van der Waals surface area contributed by atoms with Crippen LogP contribution in [0.5, 0.6) is 0 Å². The van der Waals surface area contributed by atoms with Crippen molar-refractivity contribution in [1.82, 2.24) is 19.4 Å². The monoisotopic (exact) mass is 331 g/mol. The van der Waals surface area contributed by atoms with Gasteiger partial charge in [-0.25, -0.2) is 0 Å². The zero-order valence-corrected chi connectivity index (χ0v) is 14.2. The second kappa shape index (κ2) is 6.64. The van der Waals surface area contributed by atoms with Gasteiger partial charge < -0.3 is 9.88 Å². The number of anilines is 1. The summed E-state index contributed by atoms with van der Waals surface area (Å²) >= 11 is 5.36. The summed E-state index contributed by atoms with van der Waals surface area (Å²) in [7, 11) is 0. The van der Waals surface area contributed by atoms with E-state index < -0.39 is 0 Å². The number of rotatable bonds is 4. The Labute approximate surface area is 140 Å². The summed E-state index contributed by atoms with van der Waals surface area (Å²) in [5.74, 6) is 0.821. The van der Waals surface area contributed by atoms with E-state index in [0.29, 0.717) is 30.6 Å². The van der Waals surface area contributed by atoms with E-state index in [4.69, 9.17) is 12.2 Å². The van der Waals surface area contributed by atoms with Crippen molar-refractivity contribution in [3.8, 4) is 0 Å². The molecule has 2 aromatic heterocycles. The summed E-state index contributed by atoms with van der Waals surface area (Å²) < 4.78 is 2.37. The van der Waals surface area contributed by atoms with Crippen LogP contribution in [0.15, 0.2) is 29.3 Å². The smallest absolute Gasteiger partial charge is 0.258 e. The highest BCUT2D eigenvalue weighted by molar-refractivity contribution is 7.71. The van der Waals surface area contributed by atoms with Gasteiger partial charge in [0.1, 0.15) is 5.82 Å². The fraction of sp³-hybridized carbons (Fsp3) is 0.438. The molecule has 3 rings (SSSR count). The van der Waals surface area contributed by atoms with Crippen molar-refractivity contribution in [3.63, 3.8) is 0 Å². The van der Waals surface area contributed by atoms with E-state index in [0.717, 1.165) is 23.4 Å². The molecule has 2 aromatic rings. The third kappa shape index (κ3) is 3.20. The van der Waals surface area contributed by atoms with Crippen molar-refractivity contribution in [2.24, 2.45) is 0 Å². The van der Waals surface area contributed by atoms with Crippen LogP contribution < -0.4 is 10.9 Å². The number of H-pyrrole nitrogens is 1. The first kappa shape index (κ1) is 15.9. The van der Waals surface area contributed by atoms with E-state index >= 15 is 0 Å². The van der Waals surface area contributed by atoms with Gasteiger partial charge in [-0.3, -0.25) is 19.7 Å². The number of hydrogen-bond acceptors (Lipinski definition) is 5. The fourth-order valence-corrected chi connectivity index (χ4v) is 3.04. The minimum Gasteiger partial charge on any atom is -0.358 e. The Kier molecular flexibility index (Phi) is 4.58. The highest BCUT2D eigenvalue weighted by atomic mass is 32.1. The lowest BCUT2D eigenvalue weighted by Crippen LogP contribution is -2.43. The van der Waals surface area contributed by atoms with Crippen LogP contribution in [-0.4, -0.2) is 32.1 Å². The fourth-order valence-electron chi connectivity index (χ4n) is 2.79. The first-order chi connectivity index (χ1) is 11.1. The number of fused-ring (bicyclic) bond motifs is 1. The molecule has 122 valence electrons. The van der Waals surface area contributed by atoms with Gasteiger partial charge in [-0.05, 0) is 37.2 Å². The van der Waals surface area contributed by atoms with Gasteiger partial charge in [0.2, 0.25) is 0 Å². The van der Waals surface area contributed by atoms with Crippen molar-refractivity contribution in [2.75, 3.05) is 12.0 Å². The Balaban J connectivity index is 2.00. The standard InChI is InChI=1S/C16H21N5OS/c1-3-11(2)20-9-13-14(18-10-20)21(16(23)19-15(13)22)8-12-5-4-6-17-7-12/h4-7,11,18H,3,8-10H2,1-2H3,(H,19,22,23). The Hall–Kier alpha value is -1.99. The molecule has 0 spiro atoms.